The zero-order valence-electron chi connectivity index (χ0n) is 8.82. The van der Waals surface area contributed by atoms with E-state index in [0.29, 0.717) is 0 Å². The lowest BCUT2D eigenvalue weighted by molar-refractivity contribution is 0.412. The Kier molecular flexibility index (Phi) is 3.12. The van der Waals surface area contributed by atoms with Crippen LogP contribution in [-0.4, -0.2) is 12.1 Å². The fourth-order valence-corrected chi connectivity index (χ4v) is 2.78. The first-order valence-electron chi connectivity index (χ1n) is 5.27. The SMILES string of the molecule is CC1(Cc2cc(F)cc(Br)c2)CCCN1. The summed E-state index contributed by atoms with van der Waals surface area (Å²) >= 11 is 3.32. The molecule has 1 saturated heterocycles. The van der Waals surface area contributed by atoms with Gasteiger partial charge in [0.25, 0.3) is 0 Å². The Morgan fingerprint density at radius 3 is 2.87 bits per heavy atom. The normalized spacial score (nSPS) is 25.8. The third-order valence-electron chi connectivity index (χ3n) is 2.97. The van der Waals surface area contributed by atoms with Gasteiger partial charge in [0.2, 0.25) is 0 Å². The van der Waals surface area contributed by atoms with Crippen molar-refractivity contribution in [2.75, 3.05) is 6.54 Å². The number of rotatable bonds is 2. The van der Waals surface area contributed by atoms with E-state index >= 15 is 0 Å². The second kappa shape index (κ2) is 4.22. The minimum absolute atomic E-state index is 0.146. The van der Waals surface area contributed by atoms with E-state index in [1.54, 1.807) is 6.07 Å². The highest BCUT2D eigenvalue weighted by Crippen LogP contribution is 2.25. The number of hydrogen-bond acceptors (Lipinski definition) is 1. The molecule has 1 aliphatic rings. The zero-order valence-corrected chi connectivity index (χ0v) is 10.4. The molecule has 3 heteroatoms. The molecule has 0 bridgehead atoms. The van der Waals surface area contributed by atoms with Crippen LogP contribution in [0.1, 0.15) is 25.3 Å². The van der Waals surface area contributed by atoms with Crippen molar-refractivity contribution in [1.29, 1.82) is 0 Å². The Bertz CT molecular complexity index is 338. The Morgan fingerprint density at radius 2 is 2.27 bits per heavy atom. The topological polar surface area (TPSA) is 12.0 Å². The highest BCUT2D eigenvalue weighted by molar-refractivity contribution is 9.10. The molecule has 1 aliphatic heterocycles. The Labute approximate surface area is 98.2 Å². The molecule has 0 aromatic heterocycles. The van der Waals surface area contributed by atoms with E-state index in [1.165, 1.54) is 18.9 Å². The van der Waals surface area contributed by atoms with Crippen LogP contribution in [0.3, 0.4) is 0 Å². The number of benzene rings is 1. The van der Waals surface area contributed by atoms with Gasteiger partial charge in [0.15, 0.2) is 0 Å². The molecule has 1 nitrogen and oxygen atoms in total. The quantitative estimate of drug-likeness (QED) is 0.871. The minimum atomic E-state index is -0.166. The van der Waals surface area contributed by atoms with Crippen LogP contribution in [0.4, 0.5) is 4.39 Å². The predicted molar refractivity (Wildman–Crippen MR) is 63.4 cm³/mol. The van der Waals surface area contributed by atoms with Crippen LogP contribution in [0.25, 0.3) is 0 Å². The molecule has 82 valence electrons. The van der Waals surface area contributed by atoms with Crippen molar-refractivity contribution in [3.63, 3.8) is 0 Å². The first kappa shape index (κ1) is 11.1. The van der Waals surface area contributed by atoms with E-state index in [1.807, 2.05) is 6.07 Å². The number of halogens is 2. The minimum Gasteiger partial charge on any atom is -0.311 e. The van der Waals surface area contributed by atoms with Crippen LogP contribution in [0.5, 0.6) is 0 Å². The molecule has 0 radical (unpaired) electrons. The first-order chi connectivity index (χ1) is 7.07. The molecular formula is C12H15BrFN. The summed E-state index contributed by atoms with van der Waals surface area (Å²) in [6.45, 7) is 3.28. The van der Waals surface area contributed by atoms with Gasteiger partial charge in [-0.1, -0.05) is 15.9 Å². The summed E-state index contributed by atoms with van der Waals surface area (Å²) in [7, 11) is 0. The van der Waals surface area contributed by atoms with Crippen LogP contribution in [0.2, 0.25) is 0 Å². The maximum absolute atomic E-state index is 13.2. The van der Waals surface area contributed by atoms with Gasteiger partial charge in [-0.2, -0.15) is 0 Å². The third kappa shape index (κ3) is 2.79. The average Bonchev–Trinajstić information content (AvgIpc) is 2.49. The van der Waals surface area contributed by atoms with Crippen molar-refractivity contribution in [2.45, 2.75) is 31.7 Å². The van der Waals surface area contributed by atoms with Crippen molar-refractivity contribution >= 4 is 15.9 Å². The number of hydrogen-bond donors (Lipinski definition) is 1. The molecule has 1 aromatic carbocycles. The molecule has 0 spiro atoms. The van der Waals surface area contributed by atoms with Crippen LogP contribution < -0.4 is 5.32 Å². The van der Waals surface area contributed by atoms with Gasteiger partial charge in [-0.15, -0.1) is 0 Å². The molecule has 0 aliphatic carbocycles. The van der Waals surface area contributed by atoms with E-state index in [4.69, 9.17) is 0 Å². The highest BCUT2D eigenvalue weighted by Gasteiger charge is 2.28. The fraction of sp³-hybridized carbons (Fsp3) is 0.500. The van der Waals surface area contributed by atoms with Crippen LogP contribution in [0, 0.1) is 5.82 Å². The fourth-order valence-electron chi connectivity index (χ4n) is 2.27. The summed E-state index contributed by atoms with van der Waals surface area (Å²) in [5.41, 5.74) is 1.20. The van der Waals surface area contributed by atoms with E-state index in [0.717, 1.165) is 23.0 Å². The van der Waals surface area contributed by atoms with Gasteiger partial charge in [0, 0.05) is 10.0 Å². The molecule has 0 saturated carbocycles. The molecule has 1 heterocycles. The summed E-state index contributed by atoms with van der Waals surface area (Å²) in [6, 6.07) is 5.11. The molecule has 15 heavy (non-hydrogen) atoms. The Balaban J connectivity index is 2.16. The second-order valence-electron chi connectivity index (χ2n) is 4.55. The van der Waals surface area contributed by atoms with Crippen LogP contribution in [0.15, 0.2) is 22.7 Å². The van der Waals surface area contributed by atoms with Crippen molar-refractivity contribution in [2.24, 2.45) is 0 Å². The van der Waals surface area contributed by atoms with Crippen molar-refractivity contribution in [1.82, 2.24) is 5.32 Å². The third-order valence-corrected chi connectivity index (χ3v) is 3.43. The Hall–Kier alpha value is -0.410. The van der Waals surface area contributed by atoms with E-state index in [2.05, 4.69) is 28.2 Å². The van der Waals surface area contributed by atoms with E-state index in [-0.39, 0.29) is 11.4 Å². The van der Waals surface area contributed by atoms with Crippen molar-refractivity contribution < 1.29 is 4.39 Å². The van der Waals surface area contributed by atoms with Gasteiger partial charge in [-0.3, -0.25) is 0 Å². The standard InChI is InChI=1S/C12H15BrFN/c1-12(3-2-4-15-12)8-9-5-10(13)7-11(14)6-9/h5-7,15H,2-4,8H2,1H3. The van der Waals surface area contributed by atoms with Crippen LogP contribution >= 0.6 is 15.9 Å². The first-order valence-corrected chi connectivity index (χ1v) is 6.07. The molecule has 1 aromatic rings. The average molecular weight is 272 g/mol. The maximum atomic E-state index is 13.2. The molecule has 1 unspecified atom stereocenters. The predicted octanol–water partition coefficient (Wildman–Crippen LogP) is 3.27. The van der Waals surface area contributed by atoms with Gasteiger partial charge in [-0.25, -0.2) is 4.39 Å². The molecule has 1 atom stereocenters. The smallest absolute Gasteiger partial charge is 0.124 e. The van der Waals surface area contributed by atoms with Crippen LogP contribution in [-0.2, 0) is 6.42 Å². The van der Waals surface area contributed by atoms with E-state index in [9.17, 15) is 4.39 Å². The largest absolute Gasteiger partial charge is 0.311 e. The van der Waals surface area contributed by atoms with Gasteiger partial charge in [0.1, 0.15) is 5.82 Å². The monoisotopic (exact) mass is 271 g/mol. The molecule has 2 rings (SSSR count). The molecule has 1 N–H and O–H groups in total. The van der Waals surface area contributed by atoms with Crippen molar-refractivity contribution in [3.8, 4) is 0 Å². The molecule has 1 fully saturated rings. The lowest BCUT2D eigenvalue weighted by Crippen LogP contribution is -2.38. The Morgan fingerprint density at radius 1 is 1.47 bits per heavy atom. The summed E-state index contributed by atoms with van der Waals surface area (Å²) in [5, 5.41) is 3.48. The zero-order chi connectivity index (χ0) is 10.9. The van der Waals surface area contributed by atoms with Gasteiger partial charge >= 0.3 is 0 Å². The summed E-state index contributed by atoms with van der Waals surface area (Å²) in [6.07, 6.45) is 3.28. The highest BCUT2D eigenvalue weighted by atomic mass is 79.9. The van der Waals surface area contributed by atoms with Gasteiger partial charge < -0.3 is 5.32 Å². The molecular weight excluding hydrogens is 257 g/mol. The molecule has 0 amide bonds. The van der Waals surface area contributed by atoms with Crippen molar-refractivity contribution in [3.05, 3.63) is 34.1 Å². The lowest BCUT2D eigenvalue weighted by atomic mass is 9.91. The number of nitrogens with one attached hydrogen (secondary N) is 1. The second-order valence-corrected chi connectivity index (χ2v) is 5.46. The lowest BCUT2D eigenvalue weighted by Gasteiger charge is -2.24. The summed E-state index contributed by atoms with van der Waals surface area (Å²) < 4.78 is 14.0. The van der Waals surface area contributed by atoms with Gasteiger partial charge in [0.05, 0.1) is 0 Å². The summed E-state index contributed by atoms with van der Waals surface area (Å²) in [5.74, 6) is -0.166. The maximum Gasteiger partial charge on any atom is 0.124 e. The van der Waals surface area contributed by atoms with E-state index < -0.39 is 0 Å². The summed E-state index contributed by atoms with van der Waals surface area (Å²) in [4.78, 5) is 0. The van der Waals surface area contributed by atoms with Gasteiger partial charge in [-0.05, 0) is 56.5 Å².